The first-order valence-corrected chi connectivity index (χ1v) is 21.9. The maximum Gasteiger partial charge on any atom is 0.261 e. The van der Waals surface area contributed by atoms with Gasteiger partial charge in [0.25, 0.3) is 23.6 Å². The lowest BCUT2D eigenvalue weighted by atomic mass is 9.79. The molecule has 14 aromatic carbocycles. The van der Waals surface area contributed by atoms with Gasteiger partial charge >= 0.3 is 0 Å². The van der Waals surface area contributed by atoms with E-state index in [-0.39, 0.29) is 29.7 Å². The lowest BCUT2D eigenvalue weighted by molar-refractivity contribution is 0.0561. The molecule has 4 amide bonds. The summed E-state index contributed by atoms with van der Waals surface area (Å²) in [7, 11) is 1.56. The summed E-state index contributed by atoms with van der Waals surface area (Å²) in [4.78, 5) is 57.1. The van der Waals surface area contributed by atoms with Crippen LogP contribution < -0.4 is 0 Å². The second-order valence-corrected chi connectivity index (χ2v) is 18.6. The highest BCUT2D eigenvalue weighted by Gasteiger charge is 2.36. The van der Waals surface area contributed by atoms with Crippen molar-refractivity contribution in [1.82, 2.24) is 9.80 Å². The quantitative estimate of drug-likeness (QED) is 0.0939. The molecule has 296 valence electrons. The number of imide groups is 2. The number of amides is 4. The van der Waals surface area contributed by atoms with Crippen LogP contribution in [0.3, 0.4) is 0 Å². The highest BCUT2D eigenvalue weighted by molar-refractivity contribution is 6.49. The first kappa shape index (κ1) is 33.4. The summed E-state index contributed by atoms with van der Waals surface area (Å²) >= 11 is 0. The number of fused-ring (bicyclic) bond motifs is 8. The predicted molar refractivity (Wildman–Crippen MR) is 261 cm³/mol. The third kappa shape index (κ3) is 3.40. The van der Waals surface area contributed by atoms with Crippen LogP contribution in [0.25, 0.3) is 140 Å². The molecule has 14 aromatic rings. The lowest BCUT2D eigenvalue weighted by Gasteiger charge is -2.31. The van der Waals surface area contributed by atoms with E-state index in [0.717, 1.165) is 64.6 Å². The van der Waals surface area contributed by atoms with Crippen molar-refractivity contribution >= 4 is 164 Å². The molecule has 2 aliphatic rings. The van der Waals surface area contributed by atoms with E-state index >= 15 is 0 Å². The van der Waals surface area contributed by atoms with Crippen molar-refractivity contribution in [3.05, 3.63) is 144 Å². The summed E-state index contributed by atoms with van der Waals surface area (Å²) in [6.45, 7) is 3.77. The van der Waals surface area contributed by atoms with Crippen LogP contribution >= 0.6 is 0 Å². The average Bonchev–Trinajstić information content (AvgIpc) is 3.32. The number of hydrogen-bond donors (Lipinski definition) is 0. The van der Waals surface area contributed by atoms with Crippen molar-refractivity contribution < 1.29 is 19.2 Å². The largest absolute Gasteiger partial charge is 0.277 e. The van der Waals surface area contributed by atoms with Crippen molar-refractivity contribution in [3.63, 3.8) is 0 Å². The molecule has 2 heterocycles. The molecule has 0 aliphatic carbocycles. The Kier molecular flexibility index (Phi) is 5.49. The van der Waals surface area contributed by atoms with Crippen LogP contribution in [-0.2, 0) is 0 Å². The van der Waals surface area contributed by atoms with E-state index in [0.29, 0.717) is 22.3 Å². The first-order valence-electron chi connectivity index (χ1n) is 21.9. The van der Waals surface area contributed by atoms with Crippen LogP contribution in [0.4, 0.5) is 0 Å². The van der Waals surface area contributed by atoms with E-state index in [2.05, 4.69) is 97.1 Å². The molecule has 16 rings (SSSR count). The summed E-state index contributed by atoms with van der Waals surface area (Å²) in [6.07, 6.45) is 0. The third-order valence-corrected chi connectivity index (χ3v) is 15.6. The topological polar surface area (TPSA) is 74.8 Å². The van der Waals surface area contributed by atoms with E-state index in [1.807, 2.05) is 38.1 Å². The molecule has 0 bridgehead atoms. The van der Waals surface area contributed by atoms with Gasteiger partial charge in [-0.2, -0.15) is 0 Å². The van der Waals surface area contributed by atoms with Crippen LogP contribution in [-0.4, -0.2) is 46.5 Å². The van der Waals surface area contributed by atoms with Crippen LogP contribution in [0, 0.1) is 0 Å². The molecule has 0 aromatic heterocycles. The zero-order valence-corrected chi connectivity index (χ0v) is 34.7. The Morgan fingerprint density at radius 3 is 0.641 bits per heavy atom. The standard InChI is InChI=1S/C58H30N2O4/c1-24(2)60-57(63)43-22-18-39-35-14-10-31-27-6-4-25-29-8-12-33-37-16-20-41-53-42(56(62)59(3)55(41)61)21-17-38(51(37)53)34-13-9-30(47(29)49(33)34)26-5-7-28(46(27)45(25)26)32-11-15-36(50(35)48(31)32)40-19-23-44(58(60)64)54(43)52(39)40/h4-24H,1-3H3. The molecular weight excluding hydrogens is 789 g/mol. The van der Waals surface area contributed by atoms with Gasteiger partial charge in [-0.25, -0.2) is 0 Å². The van der Waals surface area contributed by atoms with E-state index in [1.54, 1.807) is 7.05 Å². The maximum atomic E-state index is 13.8. The zero-order chi connectivity index (χ0) is 42.5. The van der Waals surface area contributed by atoms with Gasteiger partial charge in [-0.1, -0.05) is 97.1 Å². The molecule has 0 radical (unpaired) electrons. The Labute approximate surface area is 361 Å². The van der Waals surface area contributed by atoms with Crippen LogP contribution in [0.5, 0.6) is 0 Å². The Bertz CT molecular complexity index is 4410. The number of carbonyl (C=O) groups is 4. The van der Waals surface area contributed by atoms with Gasteiger partial charge in [-0.3, -0.25) is 29.0 Å². The summed E-state index contributed by atoms with van der Waals surface area (Å²) in [6, 6.07) is 43.1. The molecule has 0 saturated carbocycles. The summed E-state index contributed by atoms with van der Waals surface area (Å²) in [5.74, 6) is -0.997. The number of rotatable bonds is 1. The van der Waals surface area contributed by atoms with Crippen molar-refractivity contribution in [1.29, 1.82) is 0 Å². The normalized spacial score (nSPS) is 15.0. The SMILES string of the molecule is CC(C)N1C(=O)c2ccc3c4ccc5c6ccc7c8ccc9c%10ccc%11c%12c(ccc(c%13ccc(c%14ccc(c%15ccc(c%16ccc(c2c3%16)C1=O)c4c5%15)c6c7%14)c8c9%13)c%12%10)C(=O)N(C)C%11=O. The van der Waals surface area contributed by atoms with Crippen LogP contribution in [0.2, 0.25) is 0 Å². The fraction of sp³-hybridized carbons (Fsp3) is 0.0690. The molecule has 6 nitrogen and oxygen atoms in total. The summed E-state index contributed by atoms with van der Waals surface area (Å²) in [5.41, 5.74) is 2.31. The second kappa shape index (κ2) is 10.5. The molecule has 0 N–H and O–H groups in total. The number of benzene rings is 14. The molecule has 0 spiro atoms. The summed E-state index contributed by atoms with van der Waals surface area (Å²) in [5, 5.41) is 29.2. The van der Waals surface area contributed by atoms with E-state index in [1.165, 1.54) is 85.2 Å². The number of hydrogen-bond acceptors (Lipinski definition) is 4. The van der Waals surface area contributed by atoms with Gasteiger partial charge in [0.1, 0.15) is 0 Å². The minimum absolute atomic E-state index is 0.233. The van der Waals surface area contributed by atoms with Crippen LogP contribution in [0.15, 0.2) is 121 Å². The van der Waals surface area contributed by atoms with Crippen LogP contribution in [0.1, 0.15) is 55.3 Å². The van der Waals surface area contributed by atoms with Gasteiger partial charge in [0.15, 0.2) is 0 Å². The molecule has 0 unspecified atom stereocenters. The van der Waals surface area contributed by atoms with Gasteiger partial charge in [0, 0.05) is 46.1 Å². The minimum Gasteiger partial charge on any atom is -0.277 e. The third-order valence-electron chi connectivity index (χ3n) is 15.6. The Morgan fingerprint density at radius 2 is 0.438 bits per heavy atom. The smallest absolute Gasteiger partial charge is 0.261 e. The monoisotopic (exact) mass is 818 g/mol. The molecule has 0 saturated heterocycles. The number of nitrogens with zero attached hydrogens (tertiary/aromatic N) is 2. The highest BCUT2D eigenvalue weighted by Crippen LogP contribution is 2.53. The average molecular weight is 819 g/mol. The highest BCUT2D eigenvalue weighted by atomic mass is 16.2. The van der Waals surface area contributed by atoms with Crippen molar-refractivity contribution in [2.45, 2.75) is 19.9 Å². The van der Waals surface area contributed by atoms with Gasteiger partial charge in [-0.05, 0) is 167 Å². The predicted octanol–water partition coefficient (Wildman–Crippen LogP) is 13.7. The van der Waals surface area contributed by atoms with Gasteiger partial charge in [0.2, 0.25) is 0 Å². The lowest BCUT2D eigenvalue weighted by Crippen LogP contribution is -2.44. The Balaban J connectivity index is 1.01. The van der Waals surface area contributed by atoms with Gasteiger partial charge in [-0.15, -0.1) is 0 Å². The van der Waals surface area contributed by atoms with Gasteiger partial charge < -0.3 is 0 Å². The van der Waals surface area contributed by atoms with Gasteiger partial charge in [0.05, 0.1) is 0 Å². The zero-order valence-electron chi connectivity index (χ0n) is 34.7. The first-order chi connectivity index (χ1) is 31.2. The molecular formula is C58H30N2O4. The fourth-order valence-corrected chi connectivity index (χ4v) is 13.1. The van der Waals surface area contributed by atoms with E-state index in [9.17, 15) is 19.2 Å². The second-order valence-electron chi connectivity index (χ2n) is 18.6. The summed E-state index contributed by atoms with van der Waals surface area (Å²) < 4.78 is 0. The molecule has 6 heteroatoms. The molecule has 64 heavy (non-hydrogen) atoms. The van der Waals surface area contributed by atoms with Crippen molar-refractivity contribution in [3.8, 4) is 0 Å². The Hall–Kier alpha value is -8.22. The molecule has 0 fully saturated rings. The number of carbonyl (C=O) groups excluding carboxylic acids is 4. The van der Waals surface area contributed by atoms with Crippen molar-refractivity contribution in [2.24, 2.45) is 0 Å². The maximum absolute atomic E-state index is 13.8. The van der Waals surface area contributed by atoms with E-state index in [4.69, 9.17) is 0 Å². The molecule has 2 aliphatic heterocycles. The molecule has 0 atom stereocenters. The van der Waals surface area contributed by atoms with Crippen molar-refractivity contribution in [2.75, 3.05) is 7.05 Å². The Morgan fingerprint density at radius 1 is 0.266 bits per heavy atom. The van der Waals surface area contributed by atoms with E-state index < -0.39 is 0 Å². The fourth-order valence-electron chi connectivity index (χ4n) is 13.1. The minimum atomic E-state index is -0.265.